The molecule has 0 radical (unpaired) electrons. The Morgan fingerprint density at radius 1 is 1.40 bits per heavy atom. The molecule has 0 saturated heterocycles. The van der Waals surface area contributed by atoms with Gasteiger partial charge in [-0.1, -0.05) is 32.9 Å². The lowest BCUT2D eigenvalue weighted by atomic mass is 10.1. The number of anilines is 1. The van der Waals surface area contributed by atoms with E-state index in [2.05, 4.69) is 18.3 Å². The lowest BCUT2D eigenvalue weighted by Crippen LogP contribution is -2.21. The highest BCUT2D eigenvalue weighted by molar-refractivity contribution is 5.78. The van der Waals surface area contributed by atoms with Gasteiger partial charge < -0.3 is 11.1 Å². The van der Waals surface area contributed by atoms with E-state index >= 15 is 0 Å². The molecule has 0 aliphatic heterocycles. The standard InChI is InChI=1S/C10H14N2O.C2H6/c1-2-8-4-3-5-9(6-8)12-7-10(11)13;1-2/h3-6,12H,2,7H2,1H3,(H2,11,13);1-2H3. The van der Waals surface area contributed by atoms with Gasteiger partial charge in [-0.15, -0.1) is 0 Å². The summed E-state index contributed by atoms with van der Waals surface area (Å²) in [5.74, 6) is -0.345. The van der Waals surface area contributed by atoms with Crippen LogP contribution >= 0.6 is 0 Å². The second-order valence-electron chi connectivity index (χ2n) is 2.87. The lowest BCUT2D eigenvalue weighted by Gasteiger charge is -2.04. The predicted octanol–water partition coefficient (Wildman–Crippen LogP) is 2.17. The molecule has 0 heterocycles. The van der Waals surface area contributed by atoms with E-state index in [1.165, 1.54) is 5.56 Å². The van der Waals surface area contributed by atoms with E-state index < -0.39 is 0 Å². The number of nitrogens with two attached hydrogens (primary N) is 1. The zero-order chi connectivity index (χ0) is 11.7. The molecular formula is C12H20N2O. The number of primary amides is 1. The minimum absolute atomic E-state index is 0.188. The molecule has 1 amide bonds. The van der Waals surface area contributed by atoms with Gasteiger partial charge in [0.05, 0.1) is 6.54 Å². The summed E-state index contributed by atoms with van der Waals surface area (Å²) in [4.78, 5) is 10.5. The Hall–Kier alpha value is -1.51. The molecule has 3 heteroatoms. The van der Waals surface area contributed by atoms with E-state index in [4.69, 9.17) is 5.73 Å². The van der Waals surface area contributed by atoms with E-state index in [1.54, 1.807) is 0 Å². The van der Waals surface area contributed by atoms with Crippen molar-refractivity contribution in [2.24, 2.45) is 5.73 Å². The lowest BCUT2D eigenvalue weighted by molar-refractivity contribution is -0.116. The maximum absolute atomic E-state index is 10.5. The first kappa shape index (κ1) is 13.5. The number of aryl methyl sites for hydroxylation is 1. The van der Waals surface area contributed by atoms with Gasteiger partial charge in [0.15, 0.2) is 0 Å². The van der Waals surface area contributed by atoms with Crippen LogP contribution in [0.4, 0.5) is 5.69 Å². The van der Waals surface area contributed by atoms with Crippen LogP contribution < -0.4 is 11.1 Å². The average molecular weight is 208 g/mol. The quantitative estimate of drug-likeness (QED) is 0.796. The third-order valence-corrected chi connectivity index (χ3v) is 1.80. The van der Waals surface area contributed by atoms with Crippen molar-refractivity contribution in [1.29, 1.82) is 0 Å². The van der Waals surface area contributed by atoms with Gasteiger partial charge in [-0.05, 0) is 24.1 Å². The first-order chi connectivity index (χ1) is 7.22. The monoisotopic (exact) mass is 208 g/mol. The molecule has 0 aromatic heterocycles. The van der Waals surface area contributed by atoms with E-state index in [0.29, 0.717) is 0 Å². The van der Waals surface area contributed by atoms with Gasteiger partial charge in [-0.3, -0.25) is 4.79 Å². The van der Waals surface area contributed by atoms with Crippen LogP contribution in [0.1, 0.15) is 26.3 Å². The zero-order valence-corrected chi connectivity index (χ0v) is 9.71. The molecule has 1 aromatic carbocycles. The molecule has 1 aromatic rings. The Morgan fingerprint density at radius 3 is 2.60 bits per heavy atom. The summed E-state index contributed by atoms with van der Waals surface area (Å²) in [6.45, 7) is 6.28. The molecule has 1 rings (SSSR count). The summed E-state index contributed by atoms with van der Waals surface area (Å²) in [6.07, 6.45) is 0.992. The number of benzene rings is 1. The van der Waals surface area contributed by atoms with Crippen LogP contribution in [-0.2, 0) is 11.2 Å². The van der Waals surface area contributed by atoms with Crippen molar-refractivity contribution < 1.29 is 4.79 Å². The normalized spacial score (nSPS) is 8.73. The maximum Gasteiger partial charge on any atom is 0.236 e. The molecule has 3 N–H and O–H groups in total. The predicted molar refractivity (Wildman–Crippen MR) is 64.9 cm³/mol. The minimum atomic E-state index is -0.345. The molecule has 3 nitrogen and oxygen atoms in total. The fraction of sp³-hybridized carbons (Fsp3) is 0.417. The van der Waals surface area contributed by atoms with Crippen molar-refractivity contribution in [3.63, 3.8) is 0 Å². The number of hydrogen-bond donors (Lipinski definition) is 2. The van der Waals surface area contributed by atoms with Gasteiger partial charge in [0, 0.05) is 5.69 Å². The largest absolute Gasteiger partial charge is 0.376 e. The molecule has 0 fully saturated rings. The summed E-state index contributed by atoms with van der Waals surface area (Å²) in [6, 6.07) is 7.95. The summed E-state index contributed by atoms with van der Waals surface area (Å²) in [7, 11) is 0. The Kier molecular flexibility index (Phi) is 7.06. The molecule has 0 atom stereocenters. The van der Waals surface area contributed by atoms with Crippen LogP contribution in [0.2, 0.25) is 0 Å². The fourth-order valence-corrected chi connectivity index (χ4v) is 1.09. The Bertz CT molecular complexity index is 297. The van der Waals surface area contributed by atoms with Gasteiger partial charge in [0.2, 0.25) is 5.91 Å². The maximum atomic E-state index is 10.5. The van der Waals surface area contributed by atoms with Crippen molar-refractivity contribution >= 4 is 11.6 Å². The highest BCUT2D eigenvalue weighted by Gasteiger charge is 1.95. The Labute approximate surface area is 91.7 Å². The first-order valence-corrected chi connectivity index (χ1v) is 5.33. The van der Waals surface area contributed by atoms with Crippen LogP contribution in [0.25, 0.3) is 0 Å². The van der Waals surface area contributed by atoms with Crippen LogP contribution in [0.5, 0.6) is 0 Å². The van der Waals surface area contributed by atoms with Crippen LogP contribution in [0.15, 0.2) is 24.3 Å². The molecule has 0 saturated carbocycles. The van der Waals surface area contributed by atoms with Gasteiger partial charge >= 0.3 is 0 Å². The number of carbonyl (C=O) groups excluding carboxylic acids is 1. The molecule has 15 heavy (non-hydrogen) atoms. The summed E-state index contributed by atoms with van der Waals surface area (Å²) in [5, 5.41) is 2.94. The second-order valence-corrected chi connectivity index (χ2v) is 2.87. The smallest absolute Gasteiger partial charge is 0.236 e. The van der Waals surface area contributed by atoms with Crippen molar-refractivity contribution in [3.8, 4) is 0 Å². The van der Waals surface area contributed by atoms with Gasteiger partial charge in [-0.2, -0.15) is 0 Å². The van der Waals surface area contributed by atoms with E-state index in [9.17, 15) is 4.79 Å². The Morgan fingerprint density at radius 2 is 2.07 bits per heavy atom. The van der Waals surface area contributed by atoms with E-state index in [-0.39, 0.29) is 12.5 Å². The highest BCUT2D eigenvalue weighted by Crippen LogP contribution is 2.10. The van der Waals surface area contributed by atoms with Crippen molar-refractivity contribution in [1.82, 2.24) is 0 Å². The fourth-order valence-electron chi connectivity index (χ4n) is 1.09. The molecular weight excluding hydrogens is 188 g/mol. The minimum Gasteiger partial charge on any atom is -0.376 e. The third kappa shape index (κ3) is 5.73. The Balaban J connectivity index is 0.000000921. The molecule has 0 bridgehead atoms. The molecule has 84 valence electrons. The van der Waals surface area contributed by atoms with Gasteiger partial charge in [0.25, 0.3) is 0 Å². The zero-order valence-electron chi connectivity index (χ0n) is 9.71. The number of nitrogens with one attached hydrogen (secondary N) is 1. The van der Waals surface area contributed by atoms with Crippen molar-refractivity contribution in [2.75, 3.05) is 11.9 Å². The van der Waals surface area contributed by atoms with Crippen molar-refractivity contribution in [3.05, 3.63) is 29.8 Å². The van der Waals surface area contributed by atoms with Crippen LogP contribution in [0, 0.1) is 0 Å². The number of hydrogen-bond acceptors (Lipinski definition) is 2. The van der Waals surface area contributed by atoms with E-state index in [1.807, 2.05) is 32.0 Å². The third-order valence-electron chi connectivity index (χ3n) is 1.80. The van der Waals surface area contributed by atoms with Crippen LogP contribution in [-0.4, -0.2) is 12.5 Å². The van der Waals surface area contributed by atoms with Crippen molar-refractivity contribution in [2.45, 2.75) is 27.2 Å². The van der Waals surface area contributed by atoms with Crippen LogP contribution in [0.3, 0.4) is 0 Å². The van der Waals surface area contributed by atoms with E-state index in [0.717, 1.165) is 12.1 Å². The summed E-state index contributed by atoms with van der Waals surface area (Å²) < 4.78 is 0. The molecule has 0 unspecified atom stereocenters. The molecule has 0 spiro atoms. The number of amides is 1. The average Bonchev–Trinajstić information content (AvgIpc) is 2.29. The van der Waals surface area contributed by atoms with Gasteiger partial charge in [-0.25, -0.2) is 0 Å². The molecule has 0 aliphatic rings. The number of rotatable bonds is 4. The van der Waals surface area contributed by atoms with Gasteiger partial charge in [0.1, 0.15) is 0 Å². The summed E-state index contributed by atoms with van der Waals surface area (Å²) >= 11 is 0. The second kappa shape index (κ2) is 7.85. The summed E-state index contributed by atoms with van der Waals surface area (Å²) in [5.41, 5.74) is 7.20. The highest BCUT2D eigenvalue weighted by atomic mass is 16.1. The topological polar surface area (TPSA) is 55.1 Å². The SMILES string of the molecule is CC.CCc1cccc(NCC(N)=O)c1. The first-order valence-electron chi connectivity index (χ1n) is 5.33. The number of carbonyl (C=O) groups is 1. The molecule has 0 aliphatic carbocycles.